The topological polar surface area (TPSA) is 110 Å². The molecule has 5 rings (SSSR count). The van der Waals surface area contributed by atoms with Gasteiger partial charge in [-0.1, -0.05) is 58.0 Å². The second kappa shape index (κ2) is 14.6. The second-order valence-electron chi connectivity index (χ2n) is 13.3. The van der Waals surface area contributed by atoms with Gasteiger partial charge in [0.05, 0.1) is 38.9 Å². The Kier molecular flexibility index (Phi) is 10.7. The predicted octanol–water partition coefficient (Wildman–Crippen LogP) is 5.83. The largest absolute Gasteiger partial charge is 0.462 e. The van der Waals surface area contributed by atoms with E-state index in [0.29, 0.717) is 54.4 Å². The van der Waals surface area contributed by atoms with Gasteiger partial charge >= 0.3 is 11.7 Å². The number of benzene rings is 1. The van der Waals surface area contributed by atoms with Crippen molar-refractivity contribution in [1.29, 1.82) is 0 Å². The molecule has 0 aliphatic carbocycles. The molecule has 0 radical (unpaired) electrons. The van der Waals surface area contributed by atoms with Crippen LogP contribution in [0, 0.1) is 5.82 Å². The van der Waals surface area contributed by atoms with Crippen molar-refractivity contribution in [3.05, 3.63) is 75.8 Å². The monoisotopic (exact) mass is 690 g/mol. The Morgan fingerprint density at radius 3 is 2.31 bits per heavy atom. The summed E-state index contributed by atoms with van der Waals surface area (Å²) in [6.07, 6.45) is 2.78. The highest BCUT2D eigenvalue weighted by atomic mass is 35.5. The zero-order valence-electron chi connectivity index (χ0n) is 29.4. The molecule has 2 atom stereocenters. The smallest absolute Gasteiger partial charge is 0.353 e. The summed E-state index contributed by atoms with van der Waals surface area (Å²) in [7, 11) is 3.91. The van der Waals surface area contributed by atoms with Crippen LogP contribution in [0.5, 0.6) is 6.01 Å². The number of nitrogens with zero attached hydrogens (tertiary/aromatic N) is 8. The maximum atomic E-state index is 15.5. The van der Waals surface area contributed by atoms with Crippen LogP contribution < -0.4 is 15.3 Å². The average molecular weight is 691 g/mol. The lowest BCUT2D eigenvalue weighted by Crippen LogP contribution is -2.58. The Morgan fingerprint density at radius 2 is 1.71 bits per heavy atom. The Morgan fingerprint density at radius 1 is 1.06 bits per heavy atom. The molecule has 1 amide bonds. The van der Waals surface area contributed by atoms with E-state index in [0.717, 1.165) is 0 Å². The summed E-state index contributed by atoms with van der Waals surface area (Å²) in [6, 6.07) is 6.06. The zero-order valence-corrected chi connectivity index (χ0v) is 30.1. The number of hydrogen-bond donors (Lipinski definition) is 0. The molecule has 0 bridgehead atoms. The average Bonchev–Trinajstić information content (AvgIpc) is 3.05. The third-order valence-electron chi connectivity index (χ3n) is 8.70. The first-order valence-electron chi connectivity index (χ1n) is 16.5. The number of halogens is 2. The van der Waals surface area contributed by atoms with Crippen molar-refractivity contribution in [3.63, 3.8) is 0 Å². The number of hydrogen-bond acceptors (Lipinski definition) is 9. The van der Waals surface area contributed by atoms with Gasteiger partial charge in [0.15, 0.2) is 5.65 Å². The lowest BCUT2D eigenvalue weighted by molar-refractivity contribution is -0.128. The molecule has 1 aliphatic heterocycles. The van der Waals surface area contributed by atoms with Gasteiger partial charge in [-0.15, -0.1) is 0 Å². The molecule has 1 saturated heterocycles. The van der Waals surface area contributed by atoms with E-state index in [4.69, 9.17) is 31.3 Å². The van der Waals surface area contributed by atoms with Crippen LogP contribution in [0.25, 0.3) is 28.0 Å². The Labute approximate surface area is 291 Å². The highest BCUT2D eigenvalue weighted by Crippen LogP contribution is 2.43. The van der Waals surface area contributed by atoms with Crippen molar-refractivity contribution >= 4 is 34.2 Å². The van der Waals surface area contributed by atoms with Crippen LogP contribution in [-0.2, 0) is 4.79 Å². The van der Waals surface area contributed by atoms with E-state index in [1.54, 1.807) is 23.1 Å². The molecule has 1 fully saturated rings. The number of carbonyl (C=O) groups is 1. The Hall–Kier alpha value is -4.42. The van der Waals surface area contributed by atoms with E-state index in [2.05, 4.69) is 16.5 Å². The number of fused-ring (bicyclic) bond motifs is 1. The van der Waals surface area contributed by atoms with Crippen LogP contribution in [0.1, 0.15) is 64.8 Å². The van der Waals surface area contributed by atoms with Crippen molar-refractivity contribution in [3.8, 4) is 23.0 Å². The normalized spacial score (nSPS) is 16.7. The van der Waals surface area contributed by atoms with Crippen molar-refractivity contribution in [1.82, 2.24) is 34.3 Å². The molecule has 0 saturated carbocycles. The lowest BCUT2D eigenvalue weighted by atomic mass is 10.0. The molecule has 1 aromatic carbocycles. The quantitative estimate of drug-likeness (QED) is 0.190. The maximum absolute atomic E-state index is 15.5. The van der Waals surface area contributed by atoms with E-state index in [-0.39, 0.29) is 57.8 Å². The molecule has 11 nitrogen and oxygen atoms in total. The Balaban J connectivity index is 1.85. The van der Waals surface area contributed by atoms with Crippen LogP contribution in [-0.4, -0.2) is 92.6 Å². The van der Waals surface area contributed by atoms with E-state index in [9.17, 15) is 9.59 Å². The third kappa shape index (κ3) is 7.02. The number of rotatable bonds is 10. The maximum Gasteiger partial charge on any atom is 0.353 e. The highest BCUT2D eigenvalue weighted by Gasteiger charge is 2.35. The van der Waals surface area contributed by atoms with Crippen LogP contribution in [0.2, 0.25) is 5.02 Å². The summed E-state index contributed by atoms with van der Waals surface area (Å²) in [4.78, 5) is 51.4. The molecule has 49 heavy (non-hydrogen) atoms. The summed E-state index contributed by atoms with van der Waals surface area (Å²) in [5.41, 5.74) is 2.15. The van der Waals surface area contributed by atoms with Gasteiger partial charge in [-0.3, -0.25) is 4.79 Å². The van der Waals surface area contributed by atoms with Gasteiger partial charge in [0, 0.05) is 43.5 Å². The SMILES string of the molecule is C=CC(=O)N1C[C@H](C)N(c2c(Cl)c(-c3ccccc3F)nc3c2cnc(=O)n3-c2c(C(C)C)nc(OCCN(C)C)nc2C(C)C)C[C@H]1C. The minimum absolute atomic E-state index is 0.150. The van der Waals surface area contributed by atoms with Crippen molar-refractivity contribution in [2.75, 3.05) is 45.2 Å². The summed E-state index contributed by atoms with van der Waals surface area (Å²) in [6.45, 7) is 17.4. The fraction of sp³-hybridized carbons (Fsp3) is 0.444. The number of pyridine rings is 1. The fourth-order valence-electron chi connectivity index (χ4n) is 6.17. The van der Waals surface area contributed by atoms with Gasteiger partial charge in [-0.25, -0.2) is 23.7 Å². The van der Waals surface area contributed by atoms with Crippen LogP contribution in [0.15, 0.2) is 47.9 Å². The summed E-state index contributed by atoms with van der Waals surface area (Å²) >= 11 is 7.23. The second-order valence-corrected chi connectivity index (χ2v) is 13.7. The fourth-order valence-corrected chi connectivity index (χ4v) is 6.53. The van der Waals surface area contributed by atoms with Gasteiger partial charge in [-0.2, -0.15) is 9.97 Å². The van der Waals surface area contributed by atoms with Gasteiger partial charge in [0.25, 0.3) is 0 Å². The molecule has 13 heteroatoms. The van der Waals surface area contributed by atoms with Crippen LogP contribution >= 0.6 is 11.6 Å². The van der Waals surface area contributed by atoms with Crippen molar-refractivity contribution in [2.45, 2.75) is 65.5 Å². The molecule has 4 aromatic rings. The molecule has 4 heterocycles. The molecule has 0 unspecified atom stereocenters. The first-order chi connectivity index (χ1) is 23.2. The summed E-state index contributed by atoms with van der Waals surface area (Å²) in [5.74, 6) is -0.976. The highest BCUT2D eigenvalue weighted by molar-refractivity contribution is 6.37. The summed E-state index contributed by atoms with van der Waals surface area (Å²) in [5, 5.41) is 0.698. The number of ether oxygens (including phenoxy) is 1. The van der Waals surface area contributed by atoms with Gasteiger partial charge in [-0.05, 0) is 58.0 Å². The molecule has 1 aliphatic rings. The Bertz CT molecular complexity index is 1920. The van der Waals surface area contributed by atoms with Crippen molar-refractivity contribution in [2.24, 2.45) is 0 Å². The number of aromatic nitrogens is 5. The number of amides is 1. The molecule has 0 N–H and O–H groups in total. The van der Waals surface area contributed by atoms with Gasteiger partial charge in [0.2, 0.25) is 5.91 Å². The number of carbonyl (C=O) groups excluding carboxylic acids is 1. The van der Waals surface area contributed by atoms with Crippen LogP contribution in [0.4, 0.5) is 10.1 Å². The molecule has 3 aromatic heterocycles. The first kappa shape index (κ1) is 35.9. The van der Waals surface area contributed by atoms with Gasteiger partial charge < -0.3 is 19.4 Å². The molecule has 260 valence electrons. The van der Waals surface area contributed by atoms with Gasteiger partial charge in [0.1, 0.15) is 12.4 Å². The predicted molar refractivity (Wildman–Crippen MR) is 192 cm³/mol. The van der Waals surface area contributed by atoms with E-state index >= 15 is 4.39 Å². The van der Waals surface area contributed by atoms with E-state index < -0.39 is 11.5 Å². The number of anilines is 1. The van der Waals surface area contributed by atoms with Crippen LogP contribution in [0.3, 0.4) is 0 Å². The minimum atomic E-state index is -0.593. The molecular weight excluding hydrogens is 647 g/mol. The number of piperazine rings is 1. The summed E-state index contributed by atoms with van der Waals surface area (Å²) < 4.78 is 22.9. The standard InChI is InChI=1S/C36H44ClFN8O3/c1-10-27(47)44-18-23(7)45(19-22(44)6)32-25-17-39-36(48)46(34(25)40-31(28(32)37)24-13-11-12-14-26(24)38)33-29(20(2)3)41-35(42-30(33)21(4)5)49-16-15-43(8)9/h10-14,17,20-23H,1,15-16,18-19H2,2-9H3/t22-,23+/m1/s1. The third-order valence-corrected chi connectivity index (χ3v) is 9.06. The first-order valence-corrected chi connectivity index (χ1v) is 16.9. The number of likely N-dealkylation sites (N-methyl/N-ethyl adjacent to an activating group) is 1. The zero-order chi connectivity index (χ0) is 35.7. The molecule has 0 spiro atoms. The van der Waals surface area contributed by atoms with E-state index in [1.165, 1.54) is 22.9 Å². The van der Waals surface area contributed by atoms with Crippen molar-refractivity contribution < 1.29 is 13.9 Å². The minimum Gasteiger partial charge on any atom is -0.462 e. The molecular formula is C36H44ClFN8O3. The van der Waals surface area contributed by atoms with E-state index in [1.807, 2.05) is 60.5 Å². The lowest BCUT2D eigenvalue weighted by Gasteiger charge is -2.45.